The number of fused-ring (bicyclic) bond motifs is 1. The van der Waals surface area contributed by atoms with Gasteiger partial charge in [0.1, 0.15) is 6.04 Å². The summed E-state index contributed by atoms with van der Waals surface area (Å²) in [6.07, 6.45) is 7.97. The third-order valence-electron chi connectivity index (χ3n) is 7.86. The number of amides is 2. The second-order valence-corrected chi connectivity index (χ2v) is 12.1. The van der Waals surface area contributed by atoms with Crippen molar-refractivity contribution in [2.45, 2.75) is 38.9 Å². The number of hydrogen-bond donors (Lipinski definition) is 0. The lowest BCUT2D eigenvalue weighted by atomic mass is 9.97. The van der Waals surface area contributed by atoms with Crippen LogP contribution in [-0.4, -0.2) is 49.4 Å². The van der Waals surface area contributed by atoms with Crippen molar-refractivity contribution in [2.75, 3.05) is 6.54 Å². The Balaban J connectivity index is 1.34. The summed E-state index contributed by atoms with van der Waals surface area (Å²) in [5, 5.41) is 9.13. The van der Waals surface area contributed by atoms with Crippen molar-refractivity contribution in [1.29, 1.82) is 0 Å². The van der Waals surface area contributed by atoms with Crippen LogP contribution in [0.15, 0.2) is 109 Å². The van der Waals surface area contributed by atoms with E-state index in [1.807, 2.05) is 90.7 Å². The maximum absolute atomic E-state index is 14.5. The summed E-state index contributed by atoms with van der Waals surface area (Å²) in [4.78, 5) is 37.3. The van der Waals surface area contributed by atoms with Crippen LogP contribution in [0, 0.1) is 6.92 Å². The first-order chi connectivity index (χ1) is 21.5. The summed E-state index contributed by atoms with van der Waals surface area (Å²) < 4.78 is 0. The topological polar surface area (TPSA) is 79.3 Å². The lowest BCUT2D eigenvalue weighted by Gasteiger charge is -2.37. The van der Waals surface area contributed by atoms with Crippen LogP contribution >= 0.6 is 11.3 Å². The number of aryl methyl sites for hydroxylation is 1. The molecule has 5 aromatic rings. The first-order valence-electron chi connectivity index (χ1n) is 14.7. The van der Waals surface area contributed by atoms with Crippen molar-refractivity contribution in [3.63, 3.8) is 0 Å². The Morgan fingerprint density at radius 1 is 0.932 bits per heavy atom. The molecule has 0 saturated carbocycles. The van der Waals surface area contributed by atoms with Crippen LogP contribution < -0.4 is 0 Å². The summed E-state index contributed by atoms with van der Waals surface area (Å²) in [5.74, 6) is -0.268. The summed E-state index contributed by atoms with van der Waals surface area (Å²) in [7, 11) is 0. The van der Waals surface area contributed by atoms with E-state index in [1.165, 1.54) is 16.9 Å². The zero-order valence-corrected chi connectivity index (χ0v) is 25.4. The molecule has 1 aliphatic rings. The van der Waals surface area contributed by atoms with Crippen LogP contribution in [0.25, 0.3) is 17.3 Å². The minimum atomic E-state index is -0.692. The molecule has 3 heterocycles. The molecular weight excluding hydrogens is 566 g/mol. The van der Waals surface area contributed by atoms with Crippen LogP contribution in [0.2, 0.25) is 0 Å². The lowest BCUT2D eigenvalue weighted by molar-refractivity contribution is -0.144. The van der Waals surface area contributed by atoms with Gasteiger partial charge in [0.15, 0.2) is 0 Å². The second-order valence-electron chi connectivity index (χ2n) is 10.9. The number of thiazole rings is 1. The number of rotatable bonds is 9. The summed E-state index contributed by atoms with van der Waals surface area (Å²) in [6, 6.07) is 29.2. The van der Waals surface area contributed by atoms with E-state index < -0.39 is 6.04 Å². The predicted octanol–water partition coefficient (Wildman–Crippen LogP) is 6.15. The van der Waals surface area contributed by atoms with Gasteiger partial charge in [-0.1, -0.05) is 78.9 Å². The Kier molecular flexibility index (Phi) is 8.98. The van der Waals surface area contributed by atoms with Gasteiger partial charge in [0, 0.05) is 55.0 Å². The summed E-state index contributed by atoms with van der Waals surface area (Å²) in [6.45, 7) is 3.36. The molecule has 8 heteroatoms. The first-order valence-corrected chi connectivity index (χ1v) is 15.5. The first kappa shape index (κ1) is 29.1. The maximum Gasteiger partial charge on any atom is 0.247 e. The molecule has 0 radical (unpaired) electrons. The van der Waals surface area contributed by atoms with Crippen LogP contribution in [0.5, 0.6) is 0 Å². The summed E-state index contributed by atoms with van der Waals surface area (Å²) in [5.41, 5.74) is 6.06. The fourth-order valence-electron chi connectivity index (χ4n) is 5.54. The van der Waals surface area contributed by atoms with E-state index >= 15 is 0 Å². The Morgan fingerprint density at radius 2 is 1.70 bits per heavy atom. The molecule has 6 rings (SSSR count). The van der Waals surface area contributed by atoms with Crippen LogP contribution in [0.3, 0.4) is 0 Å². The highest BCUT2D eigenvalue weighted by atomic mass is 32.1. The monoisotopic (exact) mass is 599 g/mol. The van der Waals surface area contributed by atoms with Crippen molar-refractivity contribution < 1.29 is 9.59 Å². The third-order valence-corrected chi connectivity index (χ3v) is 8.74. The van der Waals surface area contributed by atoms with Gasteiger partial charge in [-0.05, 0) is 53.8 Å². The van der Waals surface area contributed by atoms with Crippen molar-refractivity contribution in [3.8, 4) is 11.3 Å². The van der Waals surface area contributed by atoms with E-state index in [0.717, 1.165) is 44.3 Å². The van der Waals surface area contributed by atoms with Gasteiger partial charge in [-0.3, -0.25) is 9.59 Å². The van der Waals surface area contributed by atoms with Gasteiger partial charge in [-0.2, -0.15) is 10.2 Å². The van der Waals surface area contributed by atoms with E-state index in [0.29, 0.717) is 19.5 Å². The fourth-order valence-corrected chi connectivity index (χ4v) is 6.23. The highest BCUT2D eigenvalue weighted by Gasteiger charge is 2.34. The van der Waals surface area contributed by atoms with Gasteiger partial charge in [-0.15, -0.1) is 11.3 Å². The maximum atomic E-state index is 14.5. The molecule has 1 atom stereocenters. The molecule has 0 aliphatic carbocycles. The van der Waals surface area contributed by atoms with Crippen LogP contribution in [0.1, 0.15) is 32.1 Å². The Hall–Kier alpha value is -4.95. The zero-order valence-electron chi connectivity index (χ0n) is 24.5. The van der Waals surface area contributed by atoms with Gasteiger partial charge in [0.2, 0.25) is 11.8 Å². The van der Waals surface area contributed by atoms with Gasteiger partial charge in [0.25, 0.3) is 0 Å². The second kappa shape index (κ2) is 13.6. The van der Waals surface area contributed by atoms with Crippen LogP contribution in [-0.2, 0) is 35.5 Å². The molecule has 0 spiro atoms. The Morgan fingerprint density at radius 3 is 2.43 bits per heavy atom. The quantitative estimate of drug-likeness (QED) is 0.190. The van der Waals surface area contributed by atoms with Gasteiger partial charge >= 0.3 is 0 Å². The Labute approximate surface area is 261 Å². The standard InChI is InChI=1S/C36H33N5O2S/c1-26-37-23-32(44-26)17-18-35(42)41(24-28-13-15-30(16-14-28)33-12-7-20-38-39-33)34(22-27-8-3-2-4-9-27)36(43)40-21-19-29-10-5-6-11-31(29)25-40/h2-18,20,23,34H,19,21-22,24-25H2,1H3/t34-/m0/s1. The molecular formula is C36H33N5O2S. The fraction of sp³-hybridized carbons (Fsp3) is 0.194. The molecule has 0 fully saturated rings. The smallest absolute Gasteiger partial charge is 0.247 e. The predicted molar refractivity (Wildman–Crippen MR) is 173 cm³/mol. The number of hydrogen-bond acceptors (Lipinski definition) is 6. The molecule has 7 nitrogen and oxygen atoms in total. The molecule has 220 valence electrons. The van der Waals surface area contributed by atoms with Gasteiger partial charge in [0.05, 0.1) is 10.7 Å². The molecule has 44 heavy (non-hydrogen) atoms. The van der Waals surface area contributed by atoms with Gasteiger partial charge < -0.3 is 9.80 Å². The summed E-state index contributed by atoms with van der Waals surface area (Å²) >= 11 is 1.52. The average Bonchev–Trinajstić information content (AvgIpc) is 3.50. The van der Waals surface area contributed by atoms with Crippen molar-refractivity contribution in [3.05, 3.63) is 142 Å². The van der Waals surface area contributed by atoms with E-state index in [9.17, 15) is 9.59 Å². The number of carbonyl (C=O) groups excluding carboxylic acids is 2. The molecule has 3 aromatic carbocycles. The van der Waals surface area contributed by atoms with Gasteiger partial charge in [-0.25, -0.2) is 4.98 Å². The Bertz CT molecular complexity index is 1750. The van der Waals surface area contributed by atoms with Crippen molar-refractivity contribution >= 4 is 29.2 Å². The molecule has 2 amide bonds. The number of benzene rings is 3. The highest BCUT2D eigenvalue weighted by molar-refractivity contribution is 7.12. The third kappa shape index (κ3) is 6.98. The molecule has 0 N–H and O–H groups in total. The molecule has 1 aliphatic heterocycles. The SMILES string of the molecule is Cc1ncc(C=CC(=O)N(Cc2ccc(-c3cccnn3)cc2)[C@@H](Cc2ccccc2)C(=O)N2CCc3ccccc3C2)s1. The minimum absolute atomic E-state index is 0.0464. The number of carbonyl (C=O) groups is 2. The zero-order chi connectivity index (χ0) is 30.3. The van der Waals surface area contributed by atoms with Crippen molar-refractivity contribution in [1.82, 2.24) is 25.0 Å². The van der Waals surface area contributed by atoms with E-state index in [4.69, 9.17) is 0 Å². The highest BCUT2D eigenvalue weighted by Crippen LogP contribution is 2.24. The molecule has 0 saturated heterocycles. The van der Waals surface area contributed by atoms with Crippen molar-refractivity contribution in [2.24, 2.45) is 0 Å². The lowest BCUT2D eigenvalue weighted by Crippen LogP contribution is -2.52. The van der Waals surface area contributed by atoms with E-state index in [1.54, 1.807) is 29.4 Å². The molecule has 0 bridgehead atoms. The van der Waals surface area contributed by atoms with E-state index in [-0.39, 0.29) is 18.4 Å². The average molecular weight is 600 g/mol. The number of nitrogens with zero attached hydrogens (tertiary/aromatic N) is 5. The number of aromatic nitrogens is 3. The van der Waals surface area contributed by atoms with Crippen LogP contribution in [0.4, 0.5) is 0 Å². The molecule has 0 unspecified atom stereocenters. The normalized spacial score (nSPS) is 13.4. The molecule has 2 aromatic heterocycles. The largest absolute Gasteiger partial charge is 0.336 e. The minimum Gasteiger partial charge on any atom is -0.336 e. The van der Waals surface area contributed by atoms with E-state index in [2.05, 4.69) is 27.3 Å².